The number of amides is 1. The second kappa shape index (κ2) is 7.34. The Balaban J connectivity index is 1.56. The molecule has 1 aliphatic heterocycles. The molecule has 1 amide bonds. The first-order valence-corrected chi connectivity index (χ1v) is 10.1. The molecule has 0 radical (unpaired) electrons. The van der Waals surface area contributed by atoms with Crippen molar-refractivity contribution < 1.29 is 4.79 Å². The molecular formula is C23H29N3O. The topological polar surface area (TPSA) is 38.1 Å². The summed E-state index contributed by atoms with van der Waals surface area (Å²) in [5, 5.41) is 4.68. The molecule has 4 nitrogen and oxygen atoms in total. The van der Waals surface area contributed by atoms with Gasteiger partial charge in [-0.3, -0.25) is 9.48 Å². The van der Waals surface area contributed by atoms with Crippen molar-refractivity contribution >= 4 is 5.91 Å². The van der Waals surface area contributed by atoms with E-state index in [0.29, 0.717) is 12.0 Å². The standard InChI is InChI=1S/C23H29N3O/c1-18-21(19(2)26(24-18)16-20-10-5-3-6-11-20)22(27)25-15-9-14-23(17-25)12-7-4-8-13-23/h3-7,10-11H,8-9,12-17H2,1-2H3. The summed E-state index contributed by atoms with van der Waals surface area (Å²) >= 11 is 0. The normalized spacial score (nSPS) is 22.4. The van der Waals surface area contributed by atoms with Crippen molar-refractivity contribution in [2.24, 2.45) is 5.41 Å². The third-order valence-electron chi connectivity index (χ3n) is 6.28. The lowest BCUT2D eigenvalue weighted by Gasteiger charge is -2.44. The van der Waals surface area contributed by atoms with Gasteiger partial charge in [0.15, 0.2) is 0 Å². The highest BCUT2D eigenvalue weighted by molar-refractivity contribution is 5.96. The van der Waals surface area contributed by atoms with E-state index in [0.717, 1.165) is 49.3 Å². The average Bonchev–Trinajstić information content (AvgIpc) is 2.96. The summed E-state index contributed by atoms with van der Waals surface area (Å²) in [5.41, 5.74) is 4.12. The average molecular weight is 364 g/mol. The molecule has 1 atom stereocenters. The number of benzene rings is 1. The Labute approximate surface area is 161 Å². The van der Waals surface area contributed by atoms with E-state index >= 15 is 0 Å². The summed E-state index contributed by atoms with van der Waals surface area (Å²) in [7, 11) is 0. The Bertz CT molecular complexity index is 852. The Kier molecular flexibility index (Phi) is 4.90. The van der Waals surface area contributed by atoms with Crippen LogP contribution in [-0.4, -0.2) is 33.7 Å². The predicted octanol–water partition coefficient (Wildman–Crippen LogP) is 4.51. The number of nitrogens with zero attached hydrogens (tertiary/aromatic N) is 3. The minimum atomic E-state index is 0.165. The number of allylic oxidation sites excluding steroid dienone is 2. The molecule has 27 heavy (non-hydrogen) atoms. The van der Waals surface area contributed by atoms with Crippen molar-refractivity contribution in [1.29, 1.82) is 0 Å². The van der Waals surface area contributed by atoms with Gasteiger partial charge in [0, 0.05) is 18.8 Å². The smallest absolute Gasteiger partial charge is 0.257 e. The Morgan fingerprint density at radius 3 is 2.70 bits per heavy atom. The van der Waals surface area contributed by atoms with Crippen LogP contribution < -0.4 is 0 Å². The van der Waals surface area contributed by atoms with E-state index < -0.39 is 0 Å². The Morgan fingerprint density at radius 2 is 1.96 bits per heavy atom. The van der Waals surface area contributed by atoms with Gasteiger partial charge in [0.05, 0.1) is 17.8 Å². The quantitative estimate of drug-likeness (QED) is 0.753. The maximum Gasteiger partial charge on any atom is 0.257 e. The largest absolute Gasteiger partial charge is 0.338 e. The van der Waals surface area contributed by atoms with Crippen LogP contribution in [0, 0.1) is 19.3 Å². The maximum atomic E-state index is 13.4. The van der Waals surface area contributed by atoms with Gasteiger partial charge in [-0.1, -0.05) is 42.5 Å². The van der Waals surface area contributed by atoms with Crippen molar-refractivity contribution in [3.05, 3.63) is 65.0 Å². The van der Waals surface area contributed by atoms with Gasteiger partial charge in [0.2, 0.25) is 0 Å². The minimum absolute atomic E-state index is 0.165. The number of likely N-dealkylation sites (tertiary alicyclic amines) is 1. The summed E-state index contributed by atoms with van der Waals surface area (Å²) < 4.78 is 1.97. The molecule has 2 heterocycles. The molecule has 0 saturated carbocycles. The fourth-order valence-corrected chi connectivity index (χ4v) is 4.77. The lowest BCUT2D eigenvalue weighted by Crippen LogP contribution is -2.46. The molecule has 1 unspecified atom stereocenters. The first-order chi connectivity index (χ1) is 13.1. The number of carbonyl (C=O) groups excluding carboxylic acids is 1. The number of hydrogen-bond donors (Lipinski definition) is 0. The molecule has 1 aromatic carbocycles. The van der Waals surface area contributed by atoms with E-state index in [2.05, 4.69) is 34.3 Å². The van der Waals surface area contributed by atoms with Crippen LogP contribution in [-0.2, 0) is 6.54 Å². The van der Waals surface area contributed by atoms with E-state index in [9.17, 15) is 4.79 Å². The predicted molar refractivity (Wildman–Crippen MR) is 108 cm³/mol. The van der Waals surface area contributed by atoms with E-state index in [1.807, 2.05) is 36.7 Å². The monoisotopic (exact) mass is 363 g/mol. The number of aromatic nitrogens is 2. The molecule has 4 rings (SSSR count). The number of hydrogen-bond acceptors (Lipinski definition) is 2. The number of piperidine rings is 1. The Morgan fingerprint density at radius 1 is 1.15 bits per heavy atom. The molecule has 4 heteroatoms. The van der Waals surface area contributed by atoms with Gasteiger partial charge in [0.1, 0.15) is 0 Å². The summed E-state index contributed by atoms with van der Waals surface area (Å²) in [6, 6.07) is 10.3. The first-order valence-electron chi connectivity index (χ1n) is 10.1. The van der Waals surface area contributed by atoms with Crippen molar-refractivity contribution in [2.45, 2.75) is 52.5 Å². The number of carbonyl (C=O) groups is 1. The zero-order valence-corrected chi connectivity index (χ0v) is 16.4. The van der Waals surface area contributed by atoms with Gasteiger partial charge < -0.3 is 4.90 Å². The highest BCUT2D eigenvalue weighted by Crippen LogP contribution is 2.41. The fraction of sp³-hybridized carbons (Fsp3) is 0.478. The molecule has 1 spiro atoms. The van der Waals surface area contributed by atoms with Crippen molar-refractivity contribution in [3.63, 3.8) is 0 Å². The molecule has 2 aromatic rings. The third-order valence-corrected chi connectivity index (χ3v) is 6.28. The van der Waals surface area contributed by atoms with Gasteiger partial charge in [-0.2, -0.15) is 5.10 Å². The summed E-state index contributed by atoms with van der Waals surface area (Å²) in [6.45, 7) is 6.45. The van der Waals surface area contributed by atoms with E-state index in [-0.39, 0.29) is 5.91 Å². The summed E-state index contributed by atoms with van der Waals surface area (Å²) in [5.74, 6) is 0.165. The molecule has 0 bridgehead atoms. The van der Waals surface area contributed by atoms with Crippen LogP contribution in [0.4, 0.5) is 0 Å². The molecular weight excluding hydrogens is 334 g/mol. The highest BCUT2D eigenvalue weighted by Gasteiger charge is 2.38. The highest BCUT2D eigenvalue weighted by atomic mass is 16.2. The van der Waals surface area contributed by atoms with Crippen molar-refractivity contribution in [2.75, 3.05) is 13.1 Å². The molecule has 1 aliphatic carbocycles. The van der Waals surface area contributed by atoms with E-state index in [1.54, 1.807) is 0 Å². The van der Waals surface area contributed by atoms with Crippen LogP contribution in [0.25, 0.3) is 0 Å². The van der Waals surface area contributed by atoms with Crippen LogP contribution >= 0.6 is 0 Å². The van der Waals surface area contributed by atoms with Gasteiger partial charge in [0.25, 0.3) is 5.91 Å². The van der Waals surface area contributed by atoms with Gasteiger partial charge >= 0.3 is 0 Å². The Hall–Kier alpha value is -2.36. The maximum absolute atomic E-state index is 13.4. The van der Waals surface area contributed by atoms with Crippen LogP contribution in [0.15, 0.2) is 42.5 Å². The molecule has 1 saturated heterocycles. The number of aryl methyl sites for hydroxylation is 1. The minimum Gasteiger partial charge on any atom is -0.338 e. The summed E-state index contributed by atoms with van der Waals surface area (Å²) in [4.78, 5) is 15.5. The lowest BCUT2D eigenvalue weighted by atomic mass is 9.71. The second-order valence-corrected chi connectivity index (χ2v) is 8.23. The molecule has 0 N–H and O–H groups in total. The van der Waals surface area contributed by atoms with Crippen molar-refractivity contribution in [1.82, 2.24) is 14.7 Å². The number of rotatable bonds is 3. The van der Waals surface area contributed by atoms with Gasteiger partial charge in [-0.05, 0) is 56.9 Å². The van der Waals surface area contributed by atoms with Crippen LogP contribution in [0.3, 0.4) is 0 Å². The van der Waals surface area contributed by atoms with E-state index in [4.69, 9.17) is 0 Å². The molecule has 142 valence electrons. The fourth-order valence-electron chi connectivity index (χ4n) is 4.77. The zero-order valence-electron chi connectivity index (χ0n) is 16.4. The zero-order chi connectivity index (χ0) is 18.9. The van der Waals surface area contributed by atoms with Crippen LogP contribution in [0.5, 0.6) is 0 Å². The van der Waals surface area contributed by atoms with Gasteiger partial charge in [-0.15, -0.1) is 0 Å². The SMILES string of the molecule is Cc1nn(Cc2ccccc2)c(C)c1C(=O)N1CCCC2(CC=CCC2)C1. The molecule has 2 aliphatic rings. The second-order valence-electron chi connectivity index (χ2n) is 8.23. The van der Waals surface area contributed by atoms with Crippen LogP contribution in [0.1, 0.15) is 59.4 Å². The third kappa shape index (κ3) is 3.58. The van der Waals surface area contributed by atoms with Crippen LogP contribution in [0.2, 0.25) is 0 Å². The molecule has 1 fully saturated rings. The van der Waals surface area contributed by atoms with Gasteiger partial charge in [-0.25, -0.2) is 0 Å². The summed E-state index contributed by atoms with van der Waals surface area (Å²) in [6.07, 6.45) is 10.4. The van der Waals surface area contributed by atoms with E-state index in [1.165, 1.54) is 18.4 Å². The first kappa shape index (κ1) is 18.0. The van der Waals surface area contributed by atoms with Crippen molar-refractivity contribution in [3.8, 4) is 0 Å². The molecule has 1 aromatic heterocycles. The lowest BCUT2D eigenvalue weighted by molar-refractivity contribution is 0.0483.